The topological polar surface area (TPSA) is 21.3 Å². The van der Waals surface area contributed by atoms with Crippen molar-refractivity contribution in [3.8, 4) is 0 Å². The van der Waals surface area contributed by atoms with Crippen LogP contribution in [0.5, 0.6) is 0 Å². The molecule has 0 aromatic rings. The monoisotopic (exact) mass is 171 g/mol. The zero-order valence-electron chi connectivity index (χ0n) is 8.14. The Balaban J connectivity index is 1.91. The molecule has 0 spiro atoms. The van der Waals surface area contributed by atoms with E-state index in [9.17, 15) is 0 Å². The van der Waals surface area contributed by atoms with Gasteiger partial charge in [0.25, 0.3) is 0 Å². The third-order valence-corrected chi connectivity index (χ3v) is 2.56. The molecule has 2 nitrogen and oxygen atoms in total. The Hall–Kier alpha value is -0.0800. The molecule has 0 aliphatic carbocycles. The van der Waals surface area contributed by atoms with Gasteiger partial charge in [-0.2, -0.15) is 0 Å². The standard InChI is InChI=1S/C10H21NO/c1-2-11-7-3-4-10-5-8-12-9-6-10/h10-11H,2-9H2,1H3. The van der Waals surface area contributed by atoms with Gasteiger partial charge in [0.05, 0.1) is 0 Å². The highest BCUT2D eigenvalue weighted by atomic mass is 16.5. The summed E-state index contributed by atoms with van der Waals surface area (Å²) in [5, 5.41) is 3.36. The summed E-state index contributed by atoms with van der Waals surface area (Å²) in [6, 6.07) is 0. The Morgan fingerprint density at radius 1 is 1.33 bits per heavy atom. The van der Waals surface area contributed by atoms with E-state index in [2.05, 4.69) is 12.2 Å². The fourth-order valence-electron chi connectivity index (χ4n) is 1.73. The summed E-state index contributed by atoms with van der Waals surface area (Å²) >= 11 is 0. The van der Waals surface area contributed by atoms with Gasteiger partial charge in [0, 0.05) is 13.2 Å². The molecule has 0 atom stereocenters. The lowest BCUT2D eigenvalue weighted by molar-refractivity contribution is 0.0633. The van der Waals surface area contributed by atoms with E-state index < -0.39 is 0 Å². The maximum Gasteiger partial charge on any atom is 0.0468 e. The molecule has 2 heteroatoms. The highest BCUT2D eigenvalue weighted by Crippen LogP contribution is 2.19. The first-order chi connectivity index (χ1) is 5.93. The molecule has 72 valence electrons. The minimum atomic E-state index is 0.942. The van der Waals surface area contributed by atoms with Crippen LogP contribution in [0.1, 0.15) is 32.6 Å². The summed E-state index contributed by atoms with van der Waals surface area (Å²) < 4.78 is 5.31. The highest BCUT2D eigenvalue weighted by Gasteiger charge is 2.12. The second-order valence-corrected chi connectivity index (χ2v) is 3.55. The normalized spacial score (nSPS) is 19.8. The summed E-state index contributed by atoms with van der Waals surface area (Å²) in [4.78, 5) is 0. The average Bonchev–Trinajstić information content (AvgIpc) is 2.14. The van der Waals surface area contributed by atoms with Crippen molar-refractivity contribution in [3.63, 3.8) is 0 Å². The van der Waals surface area contributed by atoms with Crippen LogP contribution in [0.2, 0.25) is 0 Å². The van der Waals surface area contributed by atoms with E-state index in [0.29, 0.717) is 0 Å². The molecule has 0 aromatic heterocycles. The number of nitrogens with one attached hydrogen (secondary N) is 1. The minimum absolute atomic E-state index is 0.942. The van der Waals surface area contributed by atoms with Crippen molar-refractivity contribution in [2.24, 2.45) is 5.92 Å². The van der Waals surface area contributed by atoms with E-state index in [-0.39, 0.29) is 0 Å². The molecule has 1 fully saturated rings. The first kappa shape index (κ1) is 10.0. The molecule has 0 saturated carbocycles. The number of hydrogen-bond acceptors (Lipinski definition) is 2. The molecule has 12 heavy (non-hydrogen) atoms. The van der Waals surface area contributed by atoms with Crippen LogP contribution >= 0.6 is 0 Å². The van der Waals surface area contributed by atoms with Gasteiger partial charge >= 0.3 is 0 Å². The average molecular weight is 171 g/mol. The van der Waals surface area contributed by atoms with Crippen molar-refractivity contribution in [2.75, 3.05) is 26.3 Å². The molecule has 1 N–H and O–H groups in total. The van der Waals surface area contributed by atoms with Crippen molar-refractivity contribution in [1.82, 2.24) is 5.32 Å². The molecule has 0 unspecified atom stereocenters. The molecule has 0 bridgehead atoms. The molecule has 1 rings (SSSR count). The van der Waals surface area contributed by atoms with Crippen molar-refractivity contribution < 1.29 is 4.74 Å². The van der Waals surface area contributed by atoms with Gasteiger partial charge in [0.15, 0.2) is 0 Å². The smallest absolute Gasteiger partial charge is 0.0468 e. The van der Waals surface area contributed by atoms with Crippen molar-refractivity contribution in [3.05, 3.63) is 0 Å². The van der Waals surface area contributed by atoms with E-state index in [4.69, 9.17) is 4.74 Å². The van der Waals surface area contributed by atoms with Crippen LogP contribution in [0.25, 0.3) is 0 Å². The summed E-state index contributed by atoms with van der Waals surface area (Å²) in [6.45, 7) is 6.44. The Morgan fingerprint density at radius 2 is 2.08 bits per heavy atom. The van der Waals surface area contributed by atoms with Gasteiger partial charge in [-0.3, -0.25) is 0 Å². The Kier molecular flexibility index (Phi) is 5.37. The molecule has 1 saturated heterocycles. The largest absolute Gasteiger partial charge is 0.381 e. The quantitative estimate of drug-likeness (QED) is 0.637. The highest BCUT2D eigenvalue weighted by molar-refractivity contribution is 4.63. The maximum atomic E-state index is 5.31. The lowest BCUT2D eigenvalue weighted by Crippen LogP contribution is -2.19. The Labute approximate surface area is 75.7 Å². The first-order valence-electron chi connectivity index (χ1n) is 5.22. The van der Waals surface area contributed by atoms with Gasteiger partial charge in [-0.25, -0.2) is 0 Å². The van der Waals surface area contributed by atoms with Gasteiger partial charge in [-0.1, -0.05) is 6.92 Å². The van der Waals surface area contributed by atoms with Crippen molar-refractivity contribution in [2.45, 2.75) is 32.6 Å². The van der Waals surface area contributed by atoms with Gasteiger partial charge in [0.1, 0.15) is 0 Å². The van der Waals surface area contributed by atoms with Gasteiger partial charge < -0.3 is 10.1 Å². The van der Waals surface area contributed by atoms with Crippen LogP contribution in [-0.2, 0) is 4.74 Å². The zero-order valence-corrected chi connectivity index (χ0v) is 8.14. The SMILES string of the molecule is CCNCCCC1CCOCC1. The maximum absolute atomic E-state index is 5.31. The van der Waals surface area contributed by atoms with Gasteiger partial charge in [-0.15, -0.1) is 0 Å². The lowest BCUT2D eigenvalue weighted by atomic mass is 9.95. The fraction of sp³-hybridized carbons (Fsp3) is 1.00. The van der Waals surface area contributed by atoms with E-state index in [1.807, 2.05) is 0 Å². The number of hydrogen-bond donors (Lipinski definition) is 1. The van der Waals surface area contributed by atoms with Gasteiger partial charge in [-0.05, 0) is 44.7 Å². The van der Waals surface area contributed by atoms with E-state index in [0.717, 1.165) is 25.7 Å². The van der Waals surface area contributed by atoms with Crippen LogP contribution in [0.3, 0.4) is 0 Å². The molecular formula is C10H21NO. The van der Waals surface area contributed by atoms with Crippen molar-refractivity contribution >= 4 is 0 Å². The third kappa shape index (κ3) is 4.07. The minimum Gasteiger partial charge on any atom is -0.381 e. The molecule has 1 aliphatic heterocycles. The molecule has 0 radical (unpaired) electrons. The molecule has 0 amide bonds. The molecule has 0 aromatic carbocycles. The molecular weight excluding hydrogens is 150 g/mol. The predicted molar refractivity (Wildman–Crippen MR) is 51.3 cm³/mol. The molecule has 1 heterocycles. The van der Waals surface area contributed by atoms with Crippen molar-refractivity contribution in [1.29, 1.82) is 0 Å². The van der Waals surface area contributed by atoms with Crippen LogP contribution in [-0.4, -0.2) is 26.3 Å². The second kappa shape index (κ2) is 6.44. The van der Waals surface area contributed by atoms with Crippen LogP contribution in [0.15, 0.2) is 0 Å². The number of ether oxygens (including phenoxy) is 1. The summed E-state index contributed by atoms with van der Waals surface area (Å²) in [5.74, 6) is 0.942. The Bertz CT molecular complexity index is 100. The van der Waals surface area contributed by atoms with Gasteiger partial charge in [0.2, 0.25) is 0 Å². The third-order valence-electron chi connectivity index (χ3n) is 2.56. The van der Waals surface area contributed by atoms with Crippen LogP contribution in [0, 0.1) is 5.92 Å². The molecule has 1 aliphatic rings. The fourth-order valence-corrected chi connectivity index (χ4v) is 1.73. The second-order valence-electron chi connectivity index (χ2n) is 3.55. The zero-order chi connectivity index (χ0) is 8.65. The lowest BCUT2D eigenvalue weighted by Gasteiger charge is -2.21. The summed E-state index contributed by atoms with van der Waals surface area (Å²) in [6.07, 6.45) is 5.28. The summed E-state index contributed by atoms with van der Waals surface area (Å²) in [7, 11) is 0. The Morgan fingerprint density at radius 3 is 2.75 bits per heavy atom. The van der Waals surface area contributed by atoms with E-state index in [1.165, 1.54) is 32.2 Å². The summed E-state index contributed by atoms with van der Waals surface area (Å²) in [5.41, 5.74) is 0. The predicted octanol–water partition coefficient (Wildman–Crippen LogP) is 1.80. The van der Waals surface area contributed by atoms with Crippen LogP contribution < -0.4 is 5.32 Å². The van der Waals surface area contributed by atoms with E-state index >= 15 is 0 Å². The van der Waals surface area contributed by atoms with Crippen LogP contribution in [0.4, 0.5) is 0 Å². The number of rotatable bonds is 5. The van der Waals surface area contributed by atoms with E-state index in [1.54, 1.807) is 0 Å². The first-order valence-corrected chi connectivity index (χ1v) is 5.22.